The smallest absolute Gasteiger partial charge is 0.180 e. The van der Waals surface area contributed by atoms with Crippen LogP contribution in [0, 0.1) is 0 Å². The summed E-state index contributed by atoms with van der Waals surface area (Å²) in [5, 5.41) is 3.33. The van der Waals surface area contributed by atoms with Gasteiger partial charge in [-0.1, -0.05) is 13.8 Å². The zero-order valence-corrected chi connectivity index (χ0v) is 13.9. The molecule has 0 aliphatic rings. The van der Waals surface area contributed by atoms with Crippen molar-refractivity contribution in [2.24, 2.45) is 0 Å². The van der Waals surface area contributed by atoms with E-state index >= 15 is 0 Å². The maximum Gasteiger partial charge on any atom is 0.180 e. The first-order valence-electron chi connectivity index (χ1n) is 6.95. The summed E-state index contributed by atoms with van der Waals surface area (Å²) in [5.74, 6) is 1.50. The molecule has 5 nitrogen and oxygen atoms in total. The third-order valence-corrected chi connectivity index (χ3v) is 3.66. The van der Waals surface area contributed by atoms with Crippen LogP contribution in [0.25, 0.3) is 22.3 Å². The van der Waals surface area contributed by atoms with Gasteiger partial charge in [-0.3, -0.25) is 0 Å². The zero-order valence-electron chi connectivity index (χ0n) is 13.1. The molecule has 2 aromatic heterocycles. The summed E-state index contributed by atoms with van der Waals surface area (Å²) >= 11 is 1.39. The maximum absolute atomic E-state index is 5.67. The number of benzene rings is 1. The quantitative estimate of drug-likeness (QED) is 0.791. The number of fused-ring (bicyclic) bond motifs is 1. The van der Waals surface area contributed by atoms with Crippen molar-refractivity contribution in [2.45, 2.75) is 13.8 Å². The maximum atomic E-state index is 5.67. The molecule has 0 fully saturated rings. The van der Waals surface area contributed by atoms with Crippen molar-refractivity contribution >= 4 is 27.4 Å². The van der Waals surface area contributed by atoms with Gasteiger partial charge in [-0.05, 0) is 12.1 Å². The molecule has 0 radical (unpaired) electrons. The monoisotopic (exact) mass is 317 g/mol. The van der Waals surface area contributed by atoms with Gasteiger partial charge >= 0.3 is 0 Å². The fraction of sp³-hybridized carbons (Fsp3) is 0.250. The Bertz CT molecular complexity index is 771. The summed E-state index contributed by atoms with van der Waals surface area (Å²) in [6, 6.07) is 7.55. The number of nitrogens with zero attached hydrogens (tertiary/aromatic N) is 2. The van der Waals surface area contributed by atoms with Crippen LogP contribution < -0.4 is 15.2 Å². The average Bonchev–Trinajstić information content (AvgIpc) is 3.01. The molecule has 6 heteroatoms. The number of pyridine rings is 1. The van der Waals surface area contributed by atoms with Gasteiger partial charge in [0.05, 0.1) is 25.4 Å². The third-order valence-electron chi connectivity index (χ3n) is 2.98. The average molecular weight is 317 g/mol. The first-order chi connectivity index (χ1) is 10.7. The van der Waals surface area contributed by atoms with Gasteiger partial charge in [-0.25, -0.2) is 9.97 Å². The Morgan fingerprint density at radius 3 is 2.36 bits per heavy atom. The van der Waals surface area contributed by atoms with Gasteiger partial charge in [0.2, 0.25) is 0 Å². The van der Waals surface area contributed by atoms with Gasteiger partial charge in [0.15, 0.2) is 5.13 Å². The van der Waals surface area contributed by atoms with Crippen molar-refractivity contribution in [1.82, 2.24) is 9.97 Å². The van der Waals surface area contributed by atoms with E-state index < -0.39 is 0 Å². The second-order valence-electron chi connectivity index (χ2n) is 4.16. The third kappa shape index (κ3) is 3.12. The van der Waals surface area contributed by atoms with E-state index in [1.165, 1.54) is 11.3 Å². The number of hydrogen-bond acceptors (Lipinski definition) is 6. The SMILES string of the molecule is CC.COc1ccc2c(OC)cc(-c3csc(N)n3)nc2c1. The zero-order chi connectivity index (χ0) is 16.1. The summed E-state index contributed by atoms with van der Waals surface area (Å²) in [6.45, 7) is 4.00. The lowest BCUT2D eigenvalue weighted by Crippen LogP contribution is -1.93. The molecule has 0 atom stereocenters. The molecule has 1 aromatic carbocycles. The van der Waals surface area contributed by atoms with Crippen LogP contribution in [0.4, 0.5) is 5.13 Å². The Morgan fingerprint density at radius 1 is 1.00 bits per heavy atom. The number of anilines is 1. The van der Waals surface area contributed by atoms with E-state index in [1.54, 1.807) is 14.2 Å². The number of nitrogens with two attached hydrogens (primary N) is 1. The number of rotatable bonds is 3. The first-order valence-corrected chi connectivity index (χ1v) is 7.83. The molecular weight excluding hydrogens is 298 g/mol. The van der Waals surface area contributed by atoms with Crippen LogP contribution in [-0.2, 0) is 0 Å². The number of methoxy groups -OCH3 is 2. The van der Waals surface area contributed by atoms with Gasteiger partial charge in [0.25, 0.3) is 0 Å². The normalized spacial score (nSPS) is 10.0. The fourth-order valence-electron chi connectivity index (χ4n) is 2.01. The molecule has 0 aliphatic heterocycles. The largest absolute Gasteiger partial charge is 0.497 e. The van der Waals surface area contributed by atoms with Crippen LogP contribution in [-0.4, -0.2) is 24.2 Å². The minimum atomic E-state index is 0.520. The highest BCUT2D eigenvalue weighted by Gasteiger charge is 2.11. The minimum absolute atomic E-state index is 0.520. The predicted octanol–water partition coefficient (Wildman–Crippen LogP) is 3.98. The molecule has 0 amide bonds. The van der Waals surface area contributed by atoms with Gasteiger partial charge in [0, 0.05) is 22.9 Å². The van der Waals surface area contributed by atoms with Crippen molar-refractivity contribution in [3.05, 3.63) is 29.6 Å². The number of nitrogen functional groups attached to an aromatic ring is 1. The summed E-state index contributed by atoms with van der Waals surface area (Å²) in [4.78, 5) is 8.86. The molecule has 22 heavy (non-hydrogen) atoms. The summed E-state index contributed by atoms with van der Waals surface area (Å²) in [6.07, 6.45) is 0. The Balaban J connectivity index is 0.000000847. The van der Waals surface area contributed by atoms with Crippen LogP contribution in [0.3, 0.4) is 0 Å². The second-order valence-corrected chi connectivity index (χ2v) is 5.05. The lowest BCUT2D eigenvalue weighted by atomic mass is 10.1. The number of hydrogen-bond donors (Lipinski definition) is 1. The van der Waals surface area contributed by atoms with Crippen LogP contribution in [0.15, 0.2) is 29.6 Å². The minimum Gasteiger partial charge on any atom is -0.497 e. The van der Waals surface area contributed by atoms with Crippen molar-refractivity contribution in [3.8, 4) is 22.9 Å². The molecular formula is C16H19N3O2S. The van der Waals surface area contributed by atoms with E-state index in [-0.39, 0.29) is 0 Å². The summed E-state index contributed by atoms with van der Waals surface area (Å²) in [7, 11) is 3.27. The first kappa shape index (κ1) is 16.0. The summed E-state index contributed by atoms with van der Waals surface area (Å²) < 4.78 is 10.7. The molecule has 0 saturated heterocycles. The topological polar surface area (TPSA) is 70.3 Å². The van der Waals surface area contributed by atoms with Gasteiger partial charge < -0.3 is 15.2 Å². The molecule has 116 valence electrons. The van der Waals surface area contributed by atoms with Crippen LogP contribution >= 0.6 is 11.3 Å². The van der Waals surface area contributed by atoms with Gasteiger partial charge in [0.1, 0.15) is 17.2 Å². The Hall–Kier alpha value is -2.34. The van der Waals surface area contributed by atoms with Crippen LogP contribution in [0.5, 0.6) is 11.5 Å². The van der Waals surface area contributed by atoms with Crippen LogP contribution in [0.1, 0.15) is 13.8 Å². The van der Waals surface area contributed by atoms with Gasteiger partial charge in [-0.2, -0.15) is 0 Å². The molecule has 0 unspecified atom stereocenters. The molecule has 2 heterocycles. The van der Waals surface area contributed by atoms with Crippen molar-refractivity contribution in [2.75, 3.05) is 20.0 Å². The van der Waals surface area contributed by atoms with Crippen LogP contribution in [0.2, 0.25) is 0 Å². The number of aromatic nitrogens is 2. The number of ether oxygens (including phenoxy) is 2. The lowest BCUT2D eigenvalue weighted by molar-refractivity contribution is 0.414. The van der Waals surface area contributed by atoms with E-state index in [0.29, 0.717) is 5.13 Å². The van der Waals surface area contributed by atoms with Crippen molar-refractivity contribution in [3.63, 3.8) is 0 Å². The molecule has 3 aromatic rings. The van der Waals surface area contributed by atoms with E-state index in [9.17, 15) is 0 Å². The summed E-state index contributed by atoms with van der Waals surface area (Å²) in [5.41, 5.74) is 7.95. The Labute approximate surface area is 133 Å². The second kappa shape index (κ2) is 7.09. The molecule has 3 rings (SSSR count). The molecule has 0 aliphatic carbocycles. The van der Waals surface area contributed by atoms with Gasteiger partial charge in [-0.15, -0.1) is 11.3 Å². The lowest BCUT2D eigenvalue weighted by Gasteiger charge is -2.08. The number of thiazole rings is 1. The van der Waals surface area contributed by atoms with E-state index in [0.717, 1.165) is 33.8 Å². The standard InChI is InChI=1S/C14H13N3O2S.C2H6/c1-18-8-3-4-9-10(5-8)16-11(6-13(9)19-2)12-7-20-14(15)17-12;1-2/h3-7H,1-2H3,(H2,15,17);1-2H3. The molecule has 0 bridgehead atoms. The van der Waals surface area contributed by atoms with Crippen molar-refractivity contribution < 1.29 is 9.47 Å². The predicted molar refractivity (Wildman–Crippen MR) is 91.7 cm³/mol. The molecule has 2 N–H and O–H groups in total. The van der Waals surface area contributed by atoms with Crippen molar-refractivity contribution in [1.29, 1.82) is 0 Å². The highest BCUT2D eigenvalue weighted by molar-refractivity contribution is 7.13. The molecule has 0 saturated carbocycles. The van der Waals surface area contributed by atoms with E-state index in [4.69, 9.17) is 15.2 Å². The van der Waals surface area contributed by atoms with E-state index in [2.05, 4.69) is 9.97 Å². The highest BCUT2D eigenvalue weighted by Crippen LogP contribution is 2.32. The van der Waals surface area contributed by atoms with E-state index in [1.807, 2.05) is 43.5 Å². The Kier molecular flexibility index (Phi) is 5.16. The molecule has 0 spiro atoms. The Morgan fingerprint density at radius 2 is 1.77 bits per heavy atom. The fourth-order valence-corrected chi connectivity index (χ4v) is 2.57. The highest BCUT2D eigenvalue weighted by atomic mass is 32.1.